The van der Waals surface area contributed by atoms with Crippen molar-refractivity contribution in [1.29, 1.82) is 0 Å². The largest absolute Gasteiger partial charge is 0.453 e. The monoisotopic (exact) mass is 592 g/mol. The molecule has 4 aromatic rings. The van der Waals surface area contributed by atoms with E-state index in [1.165, 1.54) is 30.1 Å². The average molecular weight is 593 g/mol. The lowest BCUT2D eigenvalue weighted by Gasteiger charge is -2.21. The summed E-state index contributed by atoms with van der Waals surface area (Å²) in [4.78, 5) is 42.3. The molecule has 3 N–H and O–H groups in total. The number of carbonyl (C=O) groups excluding carboxylic acids is 3. The number of methoxy groups -OCH3 is 1. The molecule has 0 radical (unpaired) electrons. The van der Waals surface area contributed by atoms with Crippen LogP contribution >= 0.6 is 11.6 Å². The number of pyridine rings is 1. The Balaban J connectivity index is 1.46. The van der Waals surface area contributed by atoms with Gasteiger partial charge < -0.3 is 20.1 Å². The van der Waals surface area contributed by atoms with Crippen molar-refractivity contribution in [3.8, 4) is 16.8 Å². The van der Waals surface area contributed by atoms with Crippen LogP contribution < -0.4 is 16.0 Å². The van der Waals surface area contributed by atoms with Crippen molar-refractivity contribution in [3.63, 3.8) is 0 Å². The van der Waals surface area contributed by atoms with Gasteiger partial charge in [0.1, 0.15) is 12.3 Å². The molecule has 3 amide bonds. The summed E-state index contributed by atoms with van der Waals surface area (Å²) in [5, 5.41) is 12.5. The van der Waals surface area contributed by atoms with Gasteiger partial charge in [-0.25, -0.2) is 13.9 Å². The number of hydrogen-bond acceptors (Lipinski definition) is 7. The number of benzene rings is 2. The number of ether oxygens (including phenoxy) is 2. The molecule has 2 aromatic heterocycles. The van der Waals surface area contributed by atoms with Crippen LogP contribution in [0.1, 0.15) is 34.2 Å². The van der Waals surface area contributed by atoms with Gasteiger partial charge in [0.2, 0.25) is 5.91 Å². The van der Waals surface area contributed by atoms with E-state index in [1.54, 1.807) is 43.5 Å². The topological polar surface area (TPSA) is 136 Å². The molecule has 0 saturated carbocycles. The van der Waals surface area contributed by atoms with E-state index in [2.05, 4.69) is 30.8 Å². The van der Waals surface area contributed by atoms with Crippen molar-refractivity contribution in [2.75, 3.05) is 31.0 Å². The number of aromatic nitrogens is 3. The van der Waals surface area contributed by atoms with Gasteiger partial charge >= 0.3 is 6.09 Å². The fourth-order valence-corrected chi connectivity index (χ4v) is 4.74. The van der Waals surface area contributed by atoms with Crippen LogP contribution in [0.15, 0.2) is 60.9 Å². The number of halogens is 2. The van der Waals surface area contributed by atoms with Gasteiger partial charge in [0.15, 0.2) is 5.82 Å². The molecule has 0 saturated heterocycles. The van der Waals surface area contributed by atoms with Crippen molar-refractivity contribution < 1.29 is 28.2 Å². The highest BCUT2D eigenvalue weighted by Crippen LogP contribution is 2.33. The van der Waals surface area contributed by atoms with E-state index >= 15 is 0 Å². The molecule has 1 aliphatic rings. The lowest BCUT2D eigenvalue weighted by atomic mass is 10.00. The van der Waals surface area contributed by atoms with Gasteiger partial charge in [0.25, 0.3) is 5.91 Å². The van der Waals surface area contributed by atoms with E-state index in [-0.39, 0.29) is 29.5 Å². The number of hydrogen-bond donors (Lipinski definition) is 3. The summed E-state index contributed by atoms with van der Waals surface area (Å²) < 4.78 is 26.2. The zero-order valence-electron chi connectivity index (χ0n) is 22.6. The lowest BCUT2D eigenvalue weighted by Crippen LogP contribution is -2.31. The van der Waals surface area contributed by atoms with Crippen LogP contribution in [0.4, 0.5) is 20.6 Å². The van der Waals surface area contributed by atoms with Crippen molar-refractivity contribution in [1.82, 2.24) is 20.1 Å². The molecular weight excluding hydrogens is 567 g/mol. The summed E-state index contributed by atoms with van der Waals surface area (Å²) in [6, 6.07) is 12.6. The van der Waals surface area contributed by atoms with Gasteiger partial charge in [-0.3, -0.25) is 19.9 Å². The molecule has 1 atom stereocenters. The predicted octanol–water partition coefficient (Wildman–Crippen LogP) is 5.04. The zero-order chi connectivity index (χ0) is 29.8. The maximum absolute atomic E-state index is 14.6. The summed E-state index contributed by atoms with van der Waals surface area (Å²) in [7, 11) is 1.25. The molecular formula is C29H26ClFN6O5. The quantitative estimate of drug-likeness (QED) is 0.302. The SMILES string of the molecule is COC(=O)Nc1ccc2c(c1)NC(=O)COCCC(NC(=O)c1cnn(-c3cccc(Cl)c3F)c1C)c1cc-2ccn1. The van der Waals surface area contributed by atoms with Gasteiger partial charge in [-0.05, 0) is 55.3 Å². The minimum atomic E-state index is -0.652. The number of fused-ring (bicyclic) bond motifs is 4. The van der Waals surface area contributed by atoms with Crippen LogP contribution in [0.2, 0.25) is 5.02 Å². The van der Waals surface area contributed by atoms with Crippen molar-refractivity contribution in [2.24, 2.45) is 0 Å². The number of carbonyl (C=O) groups is 3. The minimum Gasteiger partial charge on any atom is -0.453 e. The highest BCUT2D eigenvalue weighted by molar-refractivity contribution is 6.30. The molecule has 13 heteroatoms. The first kappa shape index (κ1) is 28.7. The highest BCUT2D eigenvalue weighted by atomic mass is 35.5. The van der Waals surface area contributed by atoms with Crippen molar-refractivity contribution in [2.45, 2.75) is 19.4 Å². The molecule has 5 rings (SSSR count). The van der Waals surface area contributed by atoms with Crippen LogP contribution in [0.3, 0.4) is 0 Å². The predicted molar refractivity (Wildman–Crippen MR) is 153 cm³/mol. The standard InChI is InChI=1S/C29H26ClFN6O5/c1-16-20(14-33-37(16)25-5-3-4-21(30)27(25)31)28(39)36-22-9-11-42-15-26(38)35-23-13-18(34-29(40)41-2)6-7-19(23)17-8-10-32-24(22)12-17/h3-8,10,12-14,22H,9,11,15H2,1-2H3,(H,34,40)(H,35,38)(H,36,39). The van der Waals surface area contributed by atoms with E-state index in [9.17, 15) is 18.8 Å². The first-order valence-corrected chi connectivity index (χ1v) is 13.3. The van der Waals surface area contributed by atoms with Crippen LogP contribution in [-0.2, 0) is 14.3 Å². The van der Waals surface area contributed by atoms with E-state index in [0.29, 0.717) is 34.7 Å². The highest BCUT2D eigenvalue weighted by Gasteiger charge is 2.23. The molecule has 3 heterocycles. The molecule has 2 aromatic carbocycles. The Morgan fingerprint density at radius 1 is 1.21 bits per heavy atom. The second-order valence-corrected chi connectivity index (χ2v) is 9.80. The number of anilines is 2. The fourth-order valence-electron chi connectivity index (χ4n) is 4.57. The summed E-state index contributed by atoms with van der Waals surface area (Å²) in [6.07, 6.45) is 2.64. The molecule has 0 aliphatic carbocycles. The second-order valence-electron chi connectivity index (χ2n) is 9.39. The summed E-state index contributed by atoms with van der Waals surface area (Å²) >= 11 is 5.94. The third kappa shape index (κ3) is 6.09. The van der Waals surface area contributed by atoms with Crippen LogP contribution in [0, 0.1) is 12.7 Å². The van der Waals surface area contributed by atoms with Gasteiger partial charge in [-0.2, -0.15) is 5.10 Å². The number of nitrogens with zero attached hydrogens (tertiary/aromatic N) is 3. The zero-order valence-corrected chi connectivity index (χ0v) is 23.4. The maximum atomic E-state index is 14.6. The Morgan fingerprint density at radius 3 is 2.86 bits per heavy atom. The minimum absolute atomic E-state index is 0.0567. The second kappa shape index (κ2) is 12.4. The van der Waals surface area contributed by atoms with Gasteiger partial charge in [0.05, 0.1) is 47.0 Å². The van der Waals surface area contributed by atoms with Crippen LogP contribution in [-0.4, -0.2) is 53.0 Å². The number of nitrogens with one attached hydrogen (secondary N) is 3. The third-order valence-electron chi connectivity index (χ3n) is 6.68. The maximum Gasteiger partial charge on any atom is 0.411 e. The molecule has 216 valence electrons. The molecule has 1 unspecified atom stereocenters. The smallest absolute Gasteiger partial charge is 0.411 e. The van der Waals surface area contributed by atoms with E-state index in [1.807, 2.05) is 6.07 Å². The van der Waals surface area contributed by atoms with Crippen LogP contribution in [0.25, 0.3) is 16.8 Å². The first-order valence-electron chi connectivity index (χ1n) is 12.9. The summed E-state index contributed by atoms with van der Waals surface area (Å²) in [5.74, 6) is -1.48. The van der Waals surface area contributed by atoms with Gasteiger partial charge in [-0.15, -0.1) is 0 Å². The Hall–Kier alpha value is -4.81. The van der Waals surface area contributed by atoms with Crippen molar-refractivity contribution >= 4 is 40.9 Å². The molecule has 42 heavy (non-hydrogen) atoms. The molecule has 0 fully saturated rings. The number of amides is 3. The summed E-state index contributed by atoms with van der Waals surface area (Å²) in [6.45, 7) is 1.57. The lowest BCUT2D eigenvalue weighted by molar-refractivity contribution is -0.120. The summed E-state index contributed by atoms with van der Waals surface area (Å²) in [5.41, 5.74) is 3.58. The average Bonchev–Trinajstić information content (AvgIpc) is 3.36. The Labute approximate surface area is 245 Å². The normalized spacial score (nSPS) is 15.0. The third-order valence-corrected chi connectivity index (χ3v) is 6.97. The Morgan fingerprint density at radius 2 is 2.05 bits per heavy atom. The Kier molecular flexibility index (Phi) is 8.46. The van der Waals surface area contributed by atoms with Gasteiger partial charge in [-0.1, -0.05) is 23.7 Å². The van der Waals surface area contributed by atoms with E-state index in [0.717, 1.165) is 5.56 Å². The Bertz CT molecular complexity index is 1680. The molecule has 2 bridgehead atoms. The molecule has 11 nitrogen and oxygen atoms in total. The first-order chi connectivity index (χ1) is 20.2. The molecule has 0 spiro atoms. The van der Waals surface area contributed by atoms with E-state index in [4.69, 9.17) is 16.3 Å². The van der Waals surface area contributed by atoms with Crippen LogP contribution in [0.5, 0.6) is 0 Å². The fraction of sp³-hybridized carbons (Fsp3) is 0.207. The van der Waals surface area contributed by atoms with Crippen molar-refractivity contribution in [3.05, 3.63) is 88.7 Å². The molecule has 1 aliphatic heterocycles. The van der Waals surface area contributed by atoms with Gasteiger partial charge in [0, 0.05) is 24.1 Å². The number of rotatable bonds is 4. The van der Waals surface area contributed by atoms with E-state index < -0.39 is 29.8 Å².